The van der Waals surface area contributed by atoms with Crippen LogP contribution in [-0.4, -0.2) is 48.6 Å². The number of nitrogens with one attached hydrogen (secondary N) is 2. The van der Waals surface area contributed by atoms with Gasteiger partial charge in [0.05, 0.1) is 12.6 Å². The molecule has 0 spiro atoms. The second kappa shape index (κ2) is 11.8. The molecule has 0 saturated carbocycles. The van der Waals surface area contributed by atoms with Gasteiger partial charge in [-0.2, -0.15) is 5.10 Å². The summed E-state index contributed by atoms with van der Waals surface area (Å²) < 4.78 is 13.1. The lowest BCUT2D eigenvalue weighted by atomic mass is 10.1. The topological polar surface area (TPSA) is 77.4 Å². The van der Waals surface area contributed by atoms with Gasteiger partial charge in [0.25, 0.3) is 5.91 Å². The first-order chi connectivity index (χ1) is 13.7. The molecule has 1 atom stereocenters. The number of carbonyl (C=O) groups excluding carboxylic acids is 1. The fraction of sp³-hybridized carbons (Fsp3) is 0.524. The fourth-order valence-corrected chi connectivity index (χ4v) is 3.28. The van der Waals surface area contributed by atoms with E-state index in [1.165, 1.54) is 0 Å². The molecule has 1 unspecified atom stereocenters. The number of carbonyl (C=O) groups is 1. The molecule has 3 rings (SSSR count). The second-order valence-electron chi connectivity index (χ2n) is 7.02. The van der Waals surface area contributed by atoms with Gasteiger partial charge < -0.3 is 20.1 Å². The largest absolute Gasteiger partial charge is 0.491 e. The molecule has 7 nitrogen and oxygen atoms in total. The van der Waals surface area contributed by atoms with E-state index >= 15 is 0 Å². The van der Waals surface area contributed by atoms with E-state index < -0.39 is 0 Å². The monoisotopic (exact) mass is 422 g/mol. The van der Waals surface area contributed by atoms with E-state index in [0.717, 1.165) is 42.8 Å². The summed E-state index contributed by atoms with van der Waals surface area (Å²) in [6, 6.07) is 8.08. The molecule has 0 radical (unpaired) electrons. The number of piperidine rings is 1. The predicted molar refractivity (Wildman–Crippen MR) is 115 cm³/mol. The third-order valence-electron chi connectivity index (χ3n) is 4.84. The normalized spacial score (nSPS) is 16.1. The Balaban J connectivity index is 0.00000300. The van der Waals surface area contributed by atoms with Crippen LogP contribution in [0.5, 0.6) is 5.75 Å². The SMILES string of the molecule is CCOCCOc1cc(C)ccc1CNC(=O)c1ccn(C2CCCNC2)n1.Cl. The Morgan fingerprint density at radius 1 is 1.34 bits per heavy atom. The van der Waals surface area contributed by atoms with E-state index in [2.05, 4.69) is 15.7 Å². The van der Waals surface area contributed by atoms with Crippen LogP contribution in [0.3, 0.4) is 0 Å². The minimum Gasteiger partial charge on any atom is -0.491 e. The molecule has 0 bridgehead atoms. The number of amides is 1. The third-order valence-corrected chi connectivity index (χ3v) is 4.84. The van der Waals surface area contributed by atoms with Crippen molar-refractivity contribution in [2.75, 3.05) is 32.9 Å². The van der Waals surface area contributed by atoms with Crippen molar-refractivity contribution in [3.05, 3.63) is 47.3 Å². The predicted octanol–water partition coefficient (Wildman–Crippen LogP) is 2.88. The van der Waals surface area contributed by atoms with Gasteiger partial charge in [-0.15, -0.1) is 12.4 Å². The van der Waals surface area contributed by atoms with Crippen LogP contribution in [0.4, 0.5) is 0 Å². The van der Waals surface area contributed by atoms with E-state index in [4.69, 9.17) is 9.47 Å². The van der Waals surface area contributed by atoms with E-state index in [1.54, 1.807) is 6.07 Å². The van der Waals surface area contributed by atoms with Crippen molar-refractivity contribution < 1.29 is 14.3 Å². The van der Waals surface area contributed by atoms with Crippen LogP contribution >= 0.6 is 12.4 Å². The summed E-state index contributed by atoms with van der Waals surface area (Å²) in [5.74, 6) is 0.599. The molecule has 8 heteroatoms. The number of aromatic nitrogens is 2. The zero-order valence-corrected chi connectivity index (χ0v) is 18.0. The van der Waals surface area contributed by atoms with Crippen molar-refractivity contribution in [1.29, 1.82) is 0 Å². The quantitative estimate of drug-likeness (QED) is 0.607. The number of ether oxygens (including phenoxy) is 2. The Morgan fingerprint density at radius 3 is 2.97 bits per heavy atom. The zero-order valence-electron chi connectivity index (χ0n) is 17.1. The van der Waals surface area contributed by atoms with E-state index in [9.17, 15) is 4.79 Å². The summed E-state index contributed by atoms with van der Waals surface area (Å²) in [7, 11) is 0. The first kappa shape index (κ1) is 23.2. The fourth-order valence-electron chi connectivity index (χ4n) is 3.28. The number of hydrogen-bond acceptors (Lipinski definition) is 5. The summed E-state index contributed by atoms with van der Waals surface area (Å²) in [6.07, 6.45) is 4.10. The van der Waals surface area contributed by atoms with Crippen molar-refractivity contribution in [3.8, 4) is 5.75 Å². The van der Waals surface area contributed by atoms with Crippen LogP contribution in [-0.2, 0) is 11.3 Å². The minimum absolute atomic E-state index is 0. The van der Waals surface area contributed by atoms with Gasteiger partial charge in [0.15, 0.2) is 0 Å². The number of hydrogen-bond donors (Lipinski definition) is 2. The number of halogens is 1. The molecule has 2 aromatic rings. The van der Waals surface area contributed by atoms with Crippen LogP contribution in [0.15, 0.2) is 30.5 Å². The lowest BCUT2D eigenvalue weighted by Gasteiger charge is -2.22. The number of nitrogens with zero attached hydrogens (tertiary/aromatic N) is 2. The van der Waals surface area contributed by atoms with Gasteiger partial charge in [0.2, 0.25) is 0 Å². The number of benzene rings is 1. The Labute approximate surface area is 178 Å². The smallest absolute Gasteiger partial charge is 0.272 e. The highest BCUT2D eigenvalue weighted by Crippen LogP contribution is 2.21. The standard InChI is InChI=1S/C21H30N4O3.ClH/c1-3-27-11-12-28-20-13-16(2)6-7-17(20)14-23-21(26)19-8-10-25(24-19)18-5-4-9-22-15-18;/h6-8,10,13,18,22H,3-5,9,11-12,14-15H2,1-2H3,(H,23,26);1H. The van der Waals surface area contributed by atoms with Gasteiger partial charge in [-0.3, -0.25) is 9.48 Å². The van der Waals surface area contributed by atoms with Crippen LogP contribution < -0.4 is 15.4 Å². The second-order valence-corrected chi connectivity index (χ2v) is 7.02. The van der Waals surface area contributed by atoms with Gasteiger partial charge in [-0.25, -0.2) is 0 Å². The van der Waals surface area contributed by atoms with Crippen LogP contribution in [0, 0.1) is 6.92 Å². The molecule has 1 fully saturated rings. The van der Waals surface area contributed by atoms with Crippen molar-refractivity contribution in [1.82, 2.24) is 20.4 Å². The molecule has 1 aliphatic rings. The van der Waals surface area contributed by atoms with Gasteiger partial charge in [-0.1, -0.05) is 12.1 Å². The van der Waals surface area contributed by atoms with Gasteiger partial charge in [0, 0.05) is 31.5 Å². The first-order valence-electron chi connectivity index (χ1n) is 10.0. The average molecular weight is 423 g/mol. The van der Waals surface area contributed by atoms with E-state index in [-0.39, 0.29) is 18.3 Å². The van der Waals surface area contributed by atoms with Gasteiger partial charge in [-0.05, 0) is 50.9 Å². The molecule has 160 valence electrons. The number of aryl methyl sites for hydroxylation is 1. The molecule has 2 N–H and O–H groups in total. The number of rotatable bonds is 9. The lowest BCUT2D eigenvalue weighted by molar-refractivity contribution is 0.0942. The molecule has 1 aromatic carbocycles. The summed E-state index contributed by atoms with van der Waals surface area (Å²) in [4.78, 5) is 12.5. The third kappa shape index (κ3) is 6.73. The highest BCUT2D eigenvalue weighted by molar-refractivity contribution is 5.92. The molecule has 29 heavy (non-hydrogen) atoms. The zero-order chi connectivity index (χ0) is 19.8. The van der Waals surface area contributed by atoms with E-state index in [1.807, 2.05) is 42.9 Å². The minimum atomic E-state index is -0.177. The van der Waals surface area contributed by atoms with Crippen LogP contribution in [0.2, 0.25) is 0 Å². The summed E-state index contributed by atoms with van der Waals surface area (Å²) >= 11 is 0. The van der Waals surface area contributed by atoms with Gasteiger partial charge >= 0.3 is 0 Å². The Hall–Kier alpha value is -2.09. The molecule has 0 aliphatic carbocycles. The summed E-state index contributed by atoms with van der Waals surface area (Å²) in [6.45, 7) is 8.02. The van der Waals surface area contributed by atoms with Crippen LogP contribution in [0.25, 0.3) is 0 Å². The van der Waals surface area contributed by atoms with E-state index in [0.29, 0.717) is 38.1 Å². The molecule has 1 saturated heterocycles. The highest BCUT2D eigenvalue weighted by Gasteiger charge is 2.18. The Bertz CT molecular complexity index is 775. The maximum atomic E-state index is 12.5. The maximum absolute atomic E-state index is 12.5. The highest BCUT2D eigenvalue weighted by atomic mass is 35.5. The molecule has 1 aliphatic heterocycles. The van der Waals surface area contributed by atoms with Gasteiger partial charge in [0.1, 0.15) is 18.1 Å². The molecule has 1 aromatic heterocycles. The van der Waals surface area contributed by atoms with Crippen molar-refractivity contribution in [3.63, 3.8) is 0 Å². The van der Waals surface area contributed by atoms with Crippen molar-refractivity contribution in [2.45, 2.75) is 39.3 Å². The Kier molecular flexibility index (Phi) is 9.44. The van der Waals surface area contributed by atoms with Crippen molar-refractivity contribution in [2.24, 2.45) is 0 Å². The lowest BCUT2D eigenvalue weighted by Crippen LogP contribution is -2.32. The first-order valence-corrected chi connectivity index (χ1v) is 10.0. The maximum Gasteiger partial charge on any atom is 0.272 e. The molecular weight excluding hydrogens is 392 g/mol. The molecular formula is C21H31ClN4O3. The van der Waals surface area contributed by atoms with Crippen LogP contribution in [0.1, 0.15) is 47.4 Å². The Morgan fingerprint density at radius 2 is 2.21 bits per heavy atom. The average Bonchev–Trinajstić information content (AvgIpc) is 3.21. The van der Waals surface area contributed by atoms with Crippen molar-refractivity contribution >= 4 is 18.3 Å². The summed E-state index contributed by atoms with van der Waals surface area (Å²) in [5, 5.41) is 10.8. The summed E-state index contributed by atoms with van der Waals surface area (Å²) in [5.41, 5.74) is 2.49. The molecule has 1 amide bonds. The molecule has 2 heterocycles.